The van der Waals surface area contributed by atoms with Gasteiger partial charge in [-0.2, -0.15) is 0 Å². The predicted octanol–water partition coefficient (Wildman–Crippen LogP) is 6.30. The summed E-state index contributed by atoms with van der Waals surface area (Å²) in [6.45, 7) is 4.65. The minimum Gasteiger partial charge on any atom is -0.0654 e. The van der Waals surface area contributed by atoms with Crippen LogP contribution >= 0.6 is 0 Å². The molecule has 0 nitrogen and oxygen atoms in total. The van der Waals surface area contributed by atoms with Gasteiger partial charge in [-0.05, 0) is 28.7 Å². The Balaban J connectivity index is 1.99. The van der Waals surface area contributed by atoms with E-state index in [1.807, 2.05) is 0 Å². The molecule has 0 aliphatic heterocycles. The lowest BCUT2D eigenvalue weighted by molar-refractivity contribution is 0.568. The van der Waals surface area contributed by atoms with Gasteiger partial charge in [0.05, 0.1) is 0 Å². The third-order valence-electron chi connectivity index (χ3n) is 4.09. The van der Waals surface area contributed by atoms with Gasteiger partial charge in [0.2, 0.25) is 0 Å². The smallest absolute Gasteiger partial charge is 0.0149 e. The quantitative estimate of drug-likeness (QED) is 0.508. The van der Waals surface area contributed by atoms with Crippen LogP contribution in [-0.2, 0) is 0 Å². The fraction of sp³-hybridized carbons (Fsp3) is 0.474. The highest BCUT2D eigenvalue weighted by Crippen LogP contribution is 2.29. The van der Waals surface area contributed by atoms with Crippen molar-refractivity contribution in [3.63, 3.8) is 0 Å². The Morgan fingerprint density at radius 3 is 2.42 bits per heavy atom. The molecular formula is C19H26. The second-order valence-corrected chi connectivity index (χ2v) is 5.67. The Morgan fingerprint density at radius 1 is 0.842 bits per heavy atom. The van der Waals surface area contributed by atoms with Gasteiger partial charge in [-0.25, -0.2) is 0 Å². The van der Waals surface area contributed by atoms with E-state index in [1.165, 1.54) is 54.9 Å². The van der Waals surface area contributed by atoms with E-state index in [0.717, 1.165) is 0 Å². The van der Waals surface area contributed by atoms with Crippen molar-refractivity contribution in [2.75, 3.05) is 0 Å². The van der Waals surface area contributed by atoms with E-state index in [1.54, 1.807) is 0 Å². The highest BCUT2D eigenvalue weighted by atomic mass is 14.1. The molecule has 0 amide bonds. The van der Waals surface area contributed by atoms with Crippen molar-refractivity contribution < 1.29 is 0 Å². The summed E-state index contributed by atoms with van der Waals surface area (Å²) >= 11 is 0. The van der Waals surface area contributed by atoms with Crippen LogP contribution in [0.1, 0.15) is 63.9 Å². The fourth-order valence-electron chi connectivity index (χ4n) is 2.89. The van der Waals surface area contributed by atoms with E-state index < -0.39 is 0 Å². The van der Waals surface area contributed by atoms with Crippen LogP contribution in [-0.4, -0.2) is 0 Å². The summed E-state index contributed by atoms with van der Waals surface area (Å²) < 4.78 is 0. The number of hydrogen-bond donors (Lipinski definition) is 0. The maximum atomic E-state index is 2.38. The van der Waals surface area contributed by atoms with Crippen molar-refractivity contribution >= 4 is 10.8 Å². The van der Waals surface area contributed by atoms with Crippen LogP contribution < -0.4 is 0 Å². The molecule has 0 heteroatoms. The highest BCUT2D eigenvalue weighted by Gasteiger charge is 2.08. The zero-order valence-corrected chi connectivity index (χ0v) is 12.4. The standard InChI is InChI=1S/C19H26/c1-3-4-5-6-7-11-16(2)18-15-10-13-17-12-8-9-14-19(17)18/h8-10,12-16H,3-7,11H2,1-2H3. The number of fused-ring (bicyclic) bond motifs is 1. The van der Waals surface area contributed by atoms with Gasteiger partial charge in [0.25, 0.3) is 0 Å². The van der Waals surface area contributed by atoms with Crippen LogP contribution in [0.3, 0.4) is 0 Å². The molecule has 0 aromatic heterocycles. The van der Waals surface area contributed by atoms with Gasteiger partial charge in [-0.15, -0.1) is 0 Å². The van der Waals surface area contributed by atoms with E-state index in [4.69, 9.17) is 0 Å². The molecule has 0 radical (unpaired) electrons. The van der Waals surface area contributed by atoms with Crippen molar-refractivity contribution in [2.45, 2.75) is 58.3 Å². The normalized spacial score (nSPS) is 12.7. The molecule has 0 heterocycles. The monoisotopic (exact) mass is 254 g/mol. The highest BCUT2D eigenvalue weighted by molar-refractivity contribution is 5.86. The van der Waals surface area contributed by atoms with E-state index >= 15 is 0 Å². The van der Waals surface area contributed by atoms with Gasteiger partial charge in [0, 0.05) is 0 Å². The molecule has 0 N–H and O–H groups in total. The molecule has 102 valence electrons. The lowest BCUT2D eigenvalue weighted by Crippen LogP contribution is -1.95. The SMILES string of the molecule is CCCCCCCC(C)c1cccc2ccccc12. The maximum absolute atomic E-state index is 2.38. The number of benzene rings is 2. The van der Waals surface area contributed by atoms with Crippen molar-refractivity contribution in [3.05, 3.63) is 48.0 Å². The Morgan fingerprint density at radius 2 is 1.58 bits per heavy atom. The van der Waals surface area contributed by atoms with Crippen molar-refractivity contribution in [3.8, 4) is 0 Å². The average Bonchev–Trinajstić information content (AvgIpc) is 2.46. The van der Waals surface area contributed by atoms with Gasteiger partial charge in [-0.1, -0.05) is 88.4 Å². The number of hydrogen-bond acceptors (Lipinski definition) is 0. The molecule has 0 bridgehead atoms. The van der Waals surface area contributed by atoms with Gasteiger partial charge >= 0.3 is 0 Å². The van der Waals surface area contributed by atoms with Gasteiger partial charge < -0.3 is 0 Å². The van der Waals surface area contributed by atoms with Crippen LogP contribution in [0.2, 0.25) is 0 Å². The summed E-state index contributed by atoms with van der Waals surface area (Å²) in [7, 11) is 0. The zero-order chi connectivity index (χ0) is 13.5. The van der Waals surface area contributed by atoms with Crippen molar-refractivity contribution in [1.82, 2.24) is 0 Å². The molecule has 2 aromatic rings. The largest absolute Gasteiger partial charge is 0.0654 e. The molecule has 0 aliphatic carbocycles. The third-order valence-corrected chi connectivity index (χ3v) is 4.09. The molecule has 2 aromatic carbocycles. The lowest BCUT2D eigenvalue weighted by atomic mass is 9.91. The third kappa shape index (κ3) is 3.83. The predicted molar refractivity (Wildman–Crippen MR) is 85.7 cm³/mol. The molecule has 1 atom stereocenters. The zero-order valence-electron chi connectivity index (χ0n) is 12.4. The van der Waals surface area contributed by atoms with Gasteiger partial charge in [0.15, 0.2) is 0 Å². The Hall–Kier alpha value is -1.30. The van der Waals surface area contributed by atoms with Crippen LogP contribution in [0.4, 0.5) is 0 Å². The molecule has 0 aliphatic rings. The summed E-state index contributed by atoms with van der Waals surface area (Å²) in [6.07, 6.45) is 8.20. The second kappa shape index (κ2) is 7.33. The van der Waals surface area contributed by atoms with E-state index in [9.17, 15) is 0 Å². The average molecular weight is 254 g/mol. The Labute approximate surface area is 117 Å². The van der Waals surface area contributed by atoms with Gasteiger partial charge in [0.1, 0.15) is 0 Å². The second-order valence-electron chi connectivity index (χ2n) is 5.67. The first-order valence-electron chi connectivity index (χ1n) is 7.80. The topological polar surface area (TPSA) is 0 Å². The van der Waals surface area contributed by atoms with Gasteiger partial charge in [-0.3, -0.25) is 0 Å². The molecule has 1 unspecified atom stereocenters. The summed E-state index contributed by atoms with van der Waals surface area (Å²) in [4.78, 5) is 0. The minimum atomic E-state index is 0.674. The van der Waals surface area contributed by atoms with Crippen LogP contribution in [0.5, 0.6) is 0 Å². The summed E-state index contributed by atoms with van der Waals surface area (Å²) in [5.41, 5.74) is 1.52. The van der Waals surface area contributed by atoms with Crippen molar-refractivity contribution in [1.29, 1.82) is 0 Å². The summed E-state index contributed by atoms with van der Waals surface area (Å²) in [5.74, 6) is 0.674. The van der Waals surface area contributed by atoms with Crippen LogP contribution in [0.25, 0.3) is 10.8 Å². The van der Waals surface area contributed by atoms with Crippen LogP contribution in [0, 0.1) is 0 Å². The van der Waals surface area contributed by atoms with Crippen molar-refractivity contribution in [2.24, 2.45) is 0 Å². The first-order chi connectivity index (χ1) is 9.33. The molecular weight excluding hydrogens is 228 g/mol. The Kier molecular flexibility index (Phi) is 5.44. The number of rotatable bonds is 7. The minimum absolute atomic E-state index is 0.674. The molecule has 0 saturated carbocycles. The van der Waals surface area contributed by atoms with E-state index in [2.05, 4.69) is 56.3 Å². The molecule has 0 spiro atoms. The first kappa shape index (κ1) is 14.1. The molecule has 0 fully saturated rings. The summed E-state index contributed by atoms with van der Waals surface area (Å²) in [6, 6.07) is 15.5. The van der Waals surface area contributed by atoms with E-state index in [-0.39, 0.29) is 0 Å². The lowest BCUT2D eigenvalue weighted by Gasteiger charge is -2.14. The number of unbranched alkanes of at least 4 members (excludes halogenated alkanes) is 4. The fourth-order valence-corrected chi connectivity index (χ4v) is 2.89. The Bertz CT molecular complexity index is 493. The molecule has 19 heavy (non-hydrogen) atoms. The van der Waals surface area contributed by atoms with Crippen LogP contribution in [0.15, 0.2) is 42.5 Å². The molecule has 0 saturated heterocycles. The maximum Gasteiger partial charge on any atom is -0.0149 e. The van der Waals surface area contributed by atoms with E-state index in [0.29, 0.717) is 5.92 Å². The first-order valence-corrected chi connectivity index (χ1v) is 7.80. The summed E-state index contributed by atoms with van der Waals surface area (Å²) in [5, 5.41) is 2.81. The molecule has 2 rings (SSSR count).